The molecule has 0 saturated carbocycles. The van der Waals surface area contributed by atoms with Gasteiger partial charge in [0.1, 0.15) is 6.04 Å². The maximum atomic E-state index is 12.4. The van der Waals surface area contributed by atoms with Gasteiger partial charge < -0.3 is 5.11 Å². The molecule has 0 aromatic rings. The molecule has 0 aromatic carbocycles. The van der Waals surface area contributed by atoms with Gasteiger partial charge in [-0.25, -0.2) is 0 Å². The number of hydrogen-bond donors (Lipinski definition) is 1. The van der Waals surface area contributed by atoms with Crippen LogP contribution in [0, 0.1) is 5.92 Å². The van der Waals surface area contributed by atoms with E-state index in [1.54, 1.807) is 0 Å². The zero-order chi connectivity index (χ0) is 13.3. The first kappa shape index (κ1) is 14.1. The van der Waals surface area contributed by atoms with Crippen LogP contribution < -0.4 is 0 Å². The van der Waals surface area contributed by atoms with Crippen LogP contribution in [0.4, 0.5) is 0 Å². The minimum absolute atomic E-state index is 0.241. The largest absolute Gasteiger partial charge is 0.480 e. The molecule has 0 unspecified atom stereocenters. The monoisotopic (exact) mass is 294 g/mol. The van der Waals surface area contributed by atoms with Crippen LogP contribution in [0.1, 0.15) is 19.8 Å². The van der Waals surface area contributed by atoms with Crippen LogP contribution in [0.15, 0.2) is 0 Å². The SMILES string of the molecule is CC1CCN(S(=O)(=O)N2CSC[C@@H]2C(=O)O)CC1. The molecular formula is C10H18N2O4S2. The Bertz CT molecular complexity index is 418. The lowest BCUT2D eigenvalue weighted by Crippen LogP contribution is -2.51. The van der Waals surface area contributed by atoms with E-state index in [2.05, 4.69) is 6.92 Å². The van der Waals surface area contributed by atoms with Crippen LogP contribution in [-0.2, 0) is 15.0 Å². The second kappa shape index (κ2) is 5.36. The van der Waals surface area contributed by atoms with Gasteiger partial charge in [-0.2, -0.15) is 17.0 Å². The van der Waals surface area contributed by atoms with Gasteiger partial charge in [0, 0.05) is 18.8 Å². The van der Waals surface area contributed by atoms with E-state index in [1.807, 2.05) is 0 Å². The third-order valence-corrected chi connectivity index (χ3v) is 6.66. The lowest BCUT2D eigenvalue weighted by Gasteiger charge is -2.33. The van der Waals surface area contributed by atoms with Crippen molar-refractivity contribution < 1.29 is 18.3 Å². The average Bonchev–Trinajstić information content (AvgIpc) is 2.79. The zero-order valence-corrected chi connectivity index (χ0v) is 11.9. The van der Waals surface area contributed by atoms with Crippen molar-refractivity contribution >= 4 is 27.9 Å². The van der Waals surface area contributed by atoms with Crippen LogP contribution >= 0.6 is 11.8 Å². The topological polar surface area (TPSA) is 77.9 Å². The minimum atomic E-state index is -3.61. The minimum Gasteiger partial charge on any atom is -0.480 e. The highest BCUT2D eigenvalue weighted by Crippen LogP contribution is 2.28. The molecule has 0 radical (unpaired) electrons. The Morgan fingerprint density at radius 1 is 1.33 bits per heavy atom. The van der Waals surface area contributed by atoms with Gasteiger partial charge in [-0.05, 0) is 18.8 Å². The Kier molecular flexibility index (Phi) is 4.20. The summed E-state index contributed by atoms with van der Waals surface area (Å²) in [6.07, 6.45) is 1.69. The molecule has 1 N–H and O–H groups in total. The third-order valence-electron chi connectivity index (χ3n) is 3.49. The number of piperidine rings is 1. The molecular weight excluding hydrogens is 276 g/mol. The summed E-state index contributed by atoms with van der Waals surface area (Å²) in [5, 5.41) is 9.05. The van der Waals surface area contributed by atoms with Gasteiger partial charge in [0.2, 0.25) is 0 Å². The van der Waals surface area contributed by atoms with Crippen molar-refractivity contribution in [3.05, 3.63) is 0 Å². The molecule has 1 atom stereocenters. The van der Waals surface area contributed by atoms with Crippen molar-refractivity contribution in [3.63, 3.8) is 0 Å². The molecule has 2 aliphatic rings. The van der Waals surface area contributed by atoms with Crippen LogP contribution in [0.5, 0.6) is 0 Å². The maximum Gasteiger partial charge on any atom is 0.322 e. The molecule has 0 aromatic heterocycles. The number of aliphatic carboxylic acids is 1. The van der Waals surface area contributed by atoms with Gasteiger partial charge in [-0.15, -0.1) is 11.8 Å². The maximum absolute atomic E-state index is 12.4. The zero-order valence-electron chi connectivity index (χ0n) is 10.3. The molecule has 2 saturated heterocycles. The smallest absolute Gasteiger partial charge is 0.322 e. The molecule has 0 amide bonds. The number of carbonyl (C=O) groups is 1. The summed E-state index contributed by atoms with van der Waals surface area (Å²) in [6.45, 7) is 3.10. The molecule has 0 aliphatic carbocycles. The van der Waals surface area contributed by atoms with Crippen molar-refractivity contribution in [2.45, 2.75) is 25.8 Å². The molecule has 104 valence electrons. The van der Waals surface area contributed by atoms with E-state index < -0.39 is 22.2 Å². The van der Waals surface area contributed by atoms with Crippen molar-refractivity contribution in [2.75, 3.05) is 24.7 Å². The van der Waals surface area contributed by atoms with Crippen LogP contribution in [0.2, 0.25) is 0 Å². The summed E-state index contributed by atoms with van der Waals surface area (Å²) in [7, 11) is -3.61. The lowest BCUT2D eigenvalue weighted by molar-refractivity contribution is -0.140. The molecule has 2 heterocycles. The third kappa shape index (κ3) is 2.66. The fourth-order valence-corrected chi connectivity index (χ4v) is 5.53. The van der Waals surface area contributed by atoms with Crippen LogP contribution in [-0.4, -0.2) is 58.9 Å². The fraction of sp³-hybridized carbons (Fsp3) is 0.900. The van der Waals surface area contributed by atoms with Gasteiger partial charge in [0.15, 0.2) is 0 Å². The number of hydrogen-bond acceptors (Lipinski definition) is 4. The van der Waals surface area contributed by atoms with Crippen molar-refractivity contribution in [2.24, 2.45) is 5.92 Å². The molecule has 8 heteroatoms. The predicted octanol–water partition coefficient (Wildman–Crippen LogP) is 0.423. The van der Waals surface area contributed by atoms with Crippen molar-refractivity contribution in [1.82, 2.24) is 8.61 Å². The lowest BCUT2D eigenvalue weighted by atomic mass is 10.0. The molecule has 0 bridgehead atoms. The number of nitrogens with zero attached hydrogens (tertiary/aromatic N) is 2. The summed E-state index contributed by atoms with van der Waals surface area (Å²) in [5.41, 5.74) is 0. The number of thioether (sulfide) groups is 1. The van der Waals surface area contributed by atoms with Gasteiger partial charge in [-0.3, -0.25) is 4.79 Å². The summed E-state index contributed by atoms with van der Waals surface area (Å²) in [5.74, 6) is 0.0538. The first-order valence-electron chi connectivity index (χ1n) is 6.00. The number of rotatable bonds is 3. The molecule has 2 fully saturated rings. The molecule has 6 nitrogen and oxygen atoms in total. The second-order valence-electron chi connectivity index (χ2n) is 4.83. The Hall–Kier alpha value is -0.310. The molecule has 18 heavy (non-hydrogen) atoms. The van der Waals surface area contributed by atoms with Gasteiger partial charge >= 0.3 is 5.97 Å². The van der Waals surface area contributed by atoms with E-state index in [4.69, 9.17) is 5.11 Å². The predicted molar refractivity (Wildman–Crippen MR) is 69.5 cm³/mol. The normalized spacial score (nSPS) is 28.6. The Balaban J connectivity index is 2.13. The average molecular weight is 294 g/mol. The van der Waals surface area contributed by atoms with Crippen LogP contribution in [0.3, 0.4) is 0 Å². The quantitative estimate of drug-likeness (QED) is 0.816. The highest BCUT2D eigenvalue weighted by atomic mass is 32.2. The molecule has 2 rings (SSSR count). The van der Waals surface area contributed by atoms with E-state index in [0.29, 0.717) is 24.8 Å². The van der Waals surface area contributed by atoms with E-state index in [9.17, 15) is 13.2 Å². The highest BCUT2D eigenvalue weighted by molar-refractivity contribution is 8.00. The van der Waals surface area contributed by atoms with Gasteiger partial charge in [0.05, 0.1) is 5.88 Å². The molecule has 0 spiro atoms. The van der Waals surface area contributed by atoms with E-state index in [0.717, 1.165) is 17.1 Å². The number of carboxylic acid groups (broad SMARTS) is 1. The van der Waals surface area contributed by atoms with E-state index in [1.165, 1.54) is 16.1 Å². The Labute approximate surface area is 112 Å². The van der Waals surface area contributed by atoms with E-state index in [-0.39, 0.29) is 5.88 Å². The first-order chi connectivity index (χ1) is 8.43. The first-order valence-corrected chi connectivity index (χ1v) is 8.55. The summed E-state index contributed by atoms with van der Waals surface area (Å²) < 4.78 is 27.3. The Morgan fingerprint density at radius 2 is 1.94 bits per heavy atom. The van der Waals surface area contributed by atoms with Gasteiger partial charge in [-0.1, -0.05) is 6.92 Å². The Morgan fingerprint density at radius 3 is 2.50 bits per heavy atom. The summed E-state index contributed by atoms with van der Waals surface area (Å²) >= 11 is 1.35. The van der Waals surface area contributed by atoms with Crippen LogP contribution in [0.25, 0.3) is 0 Å². The van der Waals surface area contributed by atoms with Gasteiger partial charge in [0.25, 0.3) is 10.2 Å². The standard InChI is InChI=1S/C10H18N2O4S2/c1-8-2-4-11(5-3-8)18(15,16)12-7-17-6-9(12)10(13)14/h8-9H,2-7H2,1H3,(H,13,14)/t9-/m1/s1. The second-order valence-corrected chi connectivity index (χ2v) is 7.71. The molecule has 2 aliphatic heterocycles. The highest BCUT2D eigenvalue weighted by Gasteiger charge is 2.42. The van der Waals surface area contributed by atoms with Crippen molar-refractivity contribution in [3.8, 4) is 0 Å². The number of carboxylic acids is 1. The van der Waals surface area contributed by atoms with Crippen molar-refractivity contribution in [1.29, 1.82) is 0 Å². The summed E-state index contributed by atoms with van der Waals surface area (Å²) in [4.78, 5) is 11.1. The summed E-state index contributed by atoms with van der Waals surface area (Å²) in [6, 6.07) is -0.917. The fourth-order valence-electron chi connectivity index (χ4n) is 2.21. The van der Waals surface area contributed by atoms with E-state index >= 15 is 0 Å².